The van der Waals surface area contributed by atoms with Crippen LogP contribution in [0.15, 0.2) is 24.3 Å². The van der Waals surface area contributed by atoms with Crippen LogP contribution in [0.3, 0.4) is 0 Å². The summed E-state index contributed by atoms with van der Waals surface area (Å²) in [6.45, 7) is 7.96. The van der Waals surface area contributed by atoms with E-state index in [0.717, 1.165) is 12.8 Å². The Morgan fingerprint density at radius 1 is 1.15 bits per heavy atom. The van der Waals surface area contributed by atoms with E-state index < -0.39 is 5.60 Å². The van der Waals surface area contributed by atoms with Crippen molar-refractivity contribution in [3.63, 3.8) is 0 Å². The molecule has 1 aromatic heterocycles. The van der Waals surface area contributed by atoms with Crippen LogP contribution in [0.2, 0.25) is 0 Å². The van der Waals surface area contributed by atoms with E-state index in [0.29, 0.717) is 0 Å². The number of para-hydroxylation sites is 1. The van der Waals surface area contributed by atoms with Gasteiger partial charge in [0.25, 0.3) is 0 Å². The van der Waals surface area contributed by atoms with Crippen LogP contribution < -0.4 is 5.32 Å². The van der Waals surface area contributed by atoms with Crippen LogP contribution in [0.4, 0.5) is 0 Å². The quantitative estimate of drug-likeness (QED) is 0.727. The van der Waals surface area contributed by atoms with Crippen LogP contribution in [0, 0.1) is 0 Å². The number of benzene rings is 1. The van der Waals surface area contributed by atoms with Crippen molar-refractivity contribution in [2.45, 2.75) is 82.9 Å². The van der Waals surface area contributed by atoms with Crippen molar-refractivity contribution >= 4 is 16.9 Å². The van der Waals surface area contributed by atoms with E-state index in [9.17, 15) is 4.79 Å². The smallest absolute Gasteiger partial charge is 0.324 e. The fourth-order valence-corrected chi connectivity index (χ4v) is 4.85. The van der Waals surface area contributed by atoms with Gasteiger partial charge in [-0.25, -0.2) is 0 Å². The number of carbonyl (C=O) groups is 1. The van der Waals surface area contributed by atoms with Gasteiger partial charge in [0.15, 0.2) is 0 Å². The minimum atomic E-state index is -0.474. The summed E-state index contributed by atoms with van der Waals surface area (Å²) < 4.78 is 5.77. The first-order valence-electron chi connectivity index (χ1n) is 9.92. The lowest BCUT2D eigenvalue weighted by Gasteiger charge is -2.46. The highest BCUT2D eigenvalue weighted by Crippen LogP contribution is 2.47. The van der Waals surface area contributed by atoms with Gasteiger partial charge in [0.1, 0.15) is 11.6 Å². The van der Waals surface area contributed by atoms with Gasteiger partial charge in [-0.15, -0.1) is 0 Å². The molecular formula is C22H30N2O2. The number of aromatic nitrogens is 1. The lowest BCUT2D eigenvalue weighted by Crippen LogP contribution is -2.58. The van der Waals surface area contributed by atoms with Gasteiger partial charge >= 0.3 is 5.97 Å². The number of ether oxygens (including phenoxy) is 1. The topological polar surface area (TPSA) is 54.1 Å². The zero-order valence-electron chi connectivity index (χ0n) is 16.3. The van der Waals surface area contributed by atoms with Crippen LogP contribution in [-0.2, 0) is 15.1 Å². The maximum Gasteiger partial charge on any atom is 0.324 e. The van der Waals surface area contributed by atoms with E-state index in [1.807, 2.05) is 20.8 Å². The molecule has 2 aromatic rings. The molecule has 0 amide bonds. The van der Waals surface area contributed by atoms with Crippen molar-refractivity contribution in [3.05, 3.63) is 35.5 Å². The molecule has 4 rings (SSSR count). The van der Waals surface area contributed by atoms with Gasteiger partial charge in [0.05, 0.1) is 5.54 Å². The molecule has 140 valence electrons. The Morgan fingerprint density at radius 2 is 1.85 bits per heavy atom. The lowest BCUT2D eigenvalue weighted by molar-refractivity contribution is -0.159. The van der Waals surface area contributed by atoms with Gasteiger partial charge in [-0.05, 0) is 45.2 Å². The summed E-state index contributed by atoms with van der Waals surface area (Å²) in [5.41, 5.74) is 3.16. The van der Waals surface area contributed by atoms with Crippen LogP contribution in [0.25, 0.3) is 10.9 Å². The summed E-state index contributed by atoms with van der Waals surface area (Å²) in [5.74, 6) is -0.0607. The molecule has 2 atom stereocenters. The van der Waals surface area contributed by atoms with Crippen molar-refractivity contribution in [2.75, 3.05) is 0 Å². The monoisotopic (exact) mass is 354 g/mol. The van der Waals surface area contributed by atoms with Crippen molar-refractivity contribution in [2.24, 2.45) is 0 Å². The molecule has 0 unspecified atom stereocenters. The summed E-state index contributed by atoms with van der Waals surface area (Å²) in [5, 5.41) is 5.00. The molecule has 2 heterocycles. The number of hydrogen-bond donors (Lipinski definition) is 2. The van der Waals surface area contributed by atoms with Gasteiger partial charge in [0, 0.05) is 22.5 Å². The highest BCUT2D eigenvalue weighted by molar-refractivity contribution is 5.88. The number of esters is 1. The molecule has 4 heteroatoms. The van der Waals surface area contributed by atoms with Crippen molar-refractivity contribution in [3.8, 4) is 0 Å². The molecule has 0 radical (unpaired) electrons. The average Bonchev–Trinajstić information content (AvgIpc) is 2.98. The molecule has 1 fully saturated rings. The minimum absolute atomic E-state index is 0.0727. The third kappa shape index (κ3) is 2.84. The summed E-state index contributed by atoms with van der Waals surface area (Å²) in [4.78, 5) is 16.7. The second-order valence-corrected chi connectivity index (χ2v) is 9.05. The second kappa shape index (κ2) is 6.12. The zero-order chi connectivity index (χ0) is 18.5. The highest BCUT2D eigenvalue weighted by atomic mass is 16.6. The van der Waals surface area contributed by atoms with Gasteiger partial charge < -0.3 is 9.72 Å². The largest absolute Gasteiger partial charge is 0.459 e. The molecule has 2 aliphatic rings. The Kier molecular flexibility index (Phi) is 4.14. The summed E-state index contributed by atoms with van der Waals surface area (Å²) in [6, 6.07) is 8.16. The number of aromatic amines is 1. The second-order valence-electron chi connectivity index (χ2n) is 9.05. The molecule has 1 saturated carbocycles. The Hall–Kier alpha value is -1.81. The van der Waals surface area contributed by atoms with Gasteiger partial charge in [-0.2, -0.15) is 0 Å². The molecule has 0 bridgehead atoms. The highest BCUT2D eigenvalue weighted by Gasteiger charge is 2.48. The molecule has 0 saturated heterocycles. The number of hydrogen-bond acceptors (Lipinski definition) is 3. The normalized spacial score (nSPS) is 25.2. The van der Waals surface area contributed by atoms with Crippen LogP contribution in [0.5, 0.6) is 0 Å². The molecular weight excluding hydrogens is 324 g/mol. The van der Waals surface area contributed by atoms with Gasteiger partial charge in [0.2, 0.25) is 0 Å². The molecule has 2 N–H and O–H groups in total. The number of carbonyl (C=O) groups excluding carboxylic acids is 1. The first kappa shape index (κ1) is 17.6. The summed E-state index contributed by atoms with van der Waals surface area (Å²) in [6.07, 6.45) is 5.79. The Labute approximate surface area is 155 Å². The Bertz CT molecular complexity index is 824. The maximum absolute atomic E-state index is 13.0. The summed E-state index contributed by atoms with van der Waals surface area (Å²) >= 11 is 0. The first-order chi connectivity index (χ1) is 12.3. The van der Waals surface area contributed by atoms with Crippen LogP contribution in [-0.4, -0.2) is 22.6 Å². The van der Waals surface area contributed by atoms with E-state index in [1.165, 1.54) is 41.4 Å². The predicted octanol–water partition coefficient (Wildman–Crippen LogP) is 4.74. The first-order valence-corrected chi connectivity index (χ1v) is 9.92. The number of rotatable bonds is 1. The number of nitrogens with one attached hydrogen (secondary N) is 2. The minimum Gasteiger partial charge on any atom is -0.459 e. The Balaban J connectivity index is 1.83. The number of H-pyrrole nitrogens is 1. The third-order valence-electron chi connectivity index (χ3n) is 5.98. The SMILES string of the molecule is C[C@@H]1c2c([nH]c3ccccc23)C2(CCCCC2)N[C@H]1C(=O)OC(C)(C)C. The van der Waals surface area contributed by atoms with E-state index in [1.54, 1.807) is 0 Å². The average molecular weight is 354 g/mol. The lowest BCUT2D eigenvalue weighted by atomic mass is 9.71. The fraction of sp³-hybridized carbons (Fsp3) is 0.591. The molecule has 26 heavy (non-hydrogen) atoms. The predicted molar refractivity (Wildman–Crippen MR) is 104 cm³/mol. The van der Waals surface area contributed by atoms with Crippen molar-refractivity contribution < 1.29 is 9.53 Å². The van der Waals surface area contributed by atoms with E-state index in [2.05, 4.69) is 41.5 Å². The third-order valence-corrected chi connectivity index (χ3v) is 5.98. The summed E-state index contributed by atoms with van der Waals surface area (Å²) in [7, 11) is 0. The standard InChI is InChI=1S/C22H30N2O2/c1-14-17-15-10-6-7-11-16(15)23-19(17)22(12-8-5-9-13-22)24-18(14)20(25)26-21(2,3)4/h6-7,10-11,14,18,23-24H,5,8-9,12-13H2,1-4H3/t14-,18-/m1/s1. The van der Waals surface area contributed by atoms with Crippen LogP contribution in [0.1, 0.15) is 77.0 Å². The van der Waals surface area contributed by atoms with E-state index in [-0.39, 0.29) is 23.5 Å². The maximum atomic E-state index is 13.0. The van der Waals surface area contributed by atoms with Crippen LogP contribution >= 0.6 is 0 Å². The molecule has 1 aliphatic carbocycles. The van der Waals surface area contributed by atoms with Crippen molar-refractivity contribution in [1.82, 2.24) is 10.3 Å². The van der Waals surface area contributed by atoms with E-state index >= 15 is 0 Å². The van der Waals surface area contributed by atoms with Gasteiger partial charge in [-0.1, -0.05) is 44.4 Å². The van der Waals surface area contributed by atoms with Gasteiger partial charge in [-0.3, -0.25) is 10.1 Å². The fourth-order valence-electron chi connectivity index (χ4n) is 4.85. The zero-order valence-corrected chi connectivity index (χ0v) is 16.3. The Morgan fingerprint density at radius 3 is 2.54 bits per heavy atom. The number of fused-ring (bicyclic) bond motifs is 4. The van der Waals surface area contributed by atoms with Crippen molar-refractivity contribution in [1.29, 1.82) is 0 Å². The molecule has 4 nitrogen and oxygen atoms in total. The van der Waals surface area contributed by atoms with E-state index in [4.69, 9.17) is 4.74 Å². The molecule has 1 spiro atoms. The molecule has 1 aliphatic heterocycles. The molecule has 1 aromatic carbocycles.